The molecule has 1 aromatic heterocycles. The molecule has 1 fully saturated rings. The van der Waals surface area contributed by atoms with Crippen LogP contribution in [0.1, 0.15) is 66.6 Å². The van der Waals surface area contributed by atoms with Crippen molar-refractivity contribution in [2.75, 3.05) is 13.2 Å². The third-order valence-corrected chi connectivity index (χ3v) is 9.69. The summed E-state index contributed by atoms with van der Waals surface area (Å²) in [5.74, 6) is -2.60. The molecule has 3 aliphatic heterocycles. The van der Waals surface area contributed by atoms with Crippen LogP contribution < -0.4 is 5.32 Å². The molecule has 4 heterocycles. The number of aryl methyl sites for hydroxylation is 1. The fraction of sp³-hybridized carbons (Fsp3) is 0.467. The molecule has 0 bridgehead atoms. The normalized spacial score (nSPS) is 27.1. The summed E-state index contributed by atoms with van der Waals surface area (Å²) in [6.07, 6.45) is 2.28. The van der Waals surface area contributed by atoms with Crippen LogP contribution in [-0.4, -0.2) is 67.9 Å². The third kappa shape index (κ3) is 3.45. The van der Waals surface area contributed by atoms with Gasteiger partial charge in [0.15, 0.2) is 11.8 Å². The lowest BCUT2D eigenvalue weighted by Gasteiger charge is -2.40. The highest BCUT2D eigenvalue weighted by Crippen LogP contribution is 2.50. The Hall–Kier alpha value is -3.67. The number of aromatic nitrogens is 1. The van der Waals surface area contributed by atoms with Crippen molar-refractivity contribution >= 4 is 34.3 Å². The molecule has 3 atom stereocenters. The number of cyclic esters (lactones) is 1. The Morgan fingerprint density at radius 1 is 1.29 bits per heavy atom. The molecule has 0 saturated heterocycles. The van der Waals surface area contributed by atoms with Gasteiger partial charge in [-0.15, -0.1) is 0 Å². The number of carbonyl (C=O) groups excluding carboxylic acids is 3. The lowest BCUT2D eigenvalue weighted by atomic mass is 9.81. The van der Waals surface area contributed by atoms with Gasteiger partial charge in [0.2, 0.25) is 5.78 Å². The van der Waals surface area contributed by atoms with Gasteiger partial charge in [0.05, 0.1) is 35.0 Å². The molecule has 1 aromatic carbocycles. The number of carbonyl (C=O) groups is 3. The number of pyridine rings is 1. The summed E-state index contributed by atoms with van der Waals surface area (Å²) < 4.78 is 20.3. The molecule has 5 aliphatic rings. The number of hydrogen-bond donors (Lipinski definition) is 4. The molecule has 0 spiro atoms. The number of halogens is 1. The minimum Gasteiger partial charge on any atom is -0.459 e. The fourth-order valence-electron chi connectivity index (χ4n) is 6.92. The zero-order valence-corrected chi connectivity index (χ0v) is 22.7. The number of amides is 1. The van der Waals surface area contributed by atoms with Crippen molar-refractivity contribution in [3.05, 3.63) is 57.1 Å². The molecule has 7 rings (SSSR count). The van der Waals surface area contributed by atoms with Gasteiger partial charge >= 0.3 is 5.97 Å². The summed E-state index contributed by atoms with van der Waals surface area (Å²) in [4.78, 5) is 45.1. The van der Waals surface area contributed by atoms with E-state index in [-0.39, 0.29) is 31.8 Å². The lowest BCUT2D eigenvalue weighted by Crippen LogP contribution is -2.50. The molecule has 214 valence electrons. The van der Waals surface area contributed by atoms with E-state index >= 15 is 4.39 Å². The van der Waals surface area contributed by atoms with Crippen LogP contribution in [0, 0.1) is 18.2 Å². The molecule has 1 saturated carbocycles. The SMILES string of the molecule is CC[C@@]1(O)C(=O)OCC2=C1C=C1c3nc4cc(F)c(C)c5c4c(c3CN1C2O)[C@@H](NC(=O)C(=O)C1(CO)CC1)CC5. The predicted molar refractivity (Wildman–Crippen MR) is 142 cm³/mol. The first kappa shape index (κ1) is 26.2. The Bertz CT molecular complexity index is 1660. The van der Waals surface area contributed by atoms with E-state index in [9.17, 15) is 29.7 Å². The minimum absolute atomic E-state index is 0.0374. The zero-order chi connectivity index (χ0) is 29.0. The number of nitrogens with zero attached hydrogens (tertiary/aromatic N) is 2. The van der Waals surface area contributed by atoms with Crippen molar-refractivity contribution < 1.29 is 38.8 Å². The molecule has 1 amide bonds. The number of esters is 1. The zero-order valence-electron chi connectivity index (χ0n) is 22.7. The lowest BCUT2D eigenvalue weighted by molar-refractivity contribution is -0.164. The van der Waals surface area contributed by atoms with Gasteiger partial charge in [-0.05, 0) is 61.8 Å². The maximum absolute atomic E-state index is 15.1. The number of aliphatic hydroxyl groups excluding tert-OH is 2. The first-order valence-electron chi connectivity index (χ1n) is 13.9. The smallest absolute Gasteiger partial charge is 0.343 e. The van der Waals surface area contributed by atoms with Gasteiger partial charge in [-0.25, -0.2) is 14.2 Å². The van der Waals surface area contributed by atoms with Crippen LogP contribution in [0.5, 0.6) is 0 Å². The second-order valence-corrected chi connectivity index (χ2v) is 11.8. The van der Waals surface area contributed by atoms with E-state index in [4.69, 9.17) is 9.72 Å². The summed E-state index contributed by atoms with van der Waals surface area (Å²) >= 11 is 0. The molecule has 0 radical (unpaired) electrons. The fourth-order valence-corrected chi connectivity index (χ4v) is 6.92. The van der Waals surface area contributed by atoms with Gasteiger partial charge in [-0.1, -0.05) is 6.92 Å². The van der Waals surface area contributed by atoms with E-state index < -0.39 is 46.8 Å². The van der Waals surface area contributed by atoms with Crippen LogP contribution in [0.2, 0.25) is 0 Å². The van der Waals surface area contributed by atoms with Crippen molar-refractivity contribution in [3.63, 3.8) is 0 Å². The standard InChI is InChI=1S/C30H30FN3O7/c1-3-30(40)17-8-21-24-15(10-34(21)27(38)16(17)11-41-28(30)39)23-19(33-26(37)25(36)29(12-35)6-7-29)5-4-14-13(2)18(31)9-20(32-24)22(14)23/h8-9,19,27,35,38,40H,3-7,10-12H2,1-2H3,(H,33,37)/t19-,27?,30-/m0/s1. The number of aliphatic hydroxyl groups is 3. The summed E-state index contributed by atoms with van der Waals surface area (Å²) in [7, 11) is 0. The number of Topliss-reactive ketones (excluding diaryl/α,β-unsaturated/α-hetero) is 1. The number of fused-ring (bicyclic) bond motifs is 4. The molecule has 10 nitrogen and oxygen atoms in total. The Balaban J connectivity index is 1.40. The Morgan fingerprint density at radius 3 is 2.73 bits per heavy atom. The highest BCUT2D eigenvalue weighted by Gasteiger charge is 2.53. The number of rotatable bonds is 5. The Labute approximate surface area is 234 Å². The molecule has 2 aromatic rings. The van der Waals surface area contributed by atoms with Gasteiger partial charge in [-0.2, -0.15) is 0 Å². The molecular formula is C30H30FN3O7. The average molecular weight is 564 g/mol. The van der Waals surface area contributed by atoms with E-state index in [2.05, 4.69) is 5.32 Å². The van der Waals surface area contributed by atoms with Crippen LogP contribution in [0.3, 0.4) is 0 Å². The van der Waals surface area contributed by atoms with Gasteiger partial charge in [-0.3, -0.25) is 9.59 Å². The van der Waals surface area contributed by atoms with Crippen molar-refractivity contribution in [2.45, 2.75) is 70.4 Å². The molecular weight excluding hydrogens is 533 g/mol. The maximum atomic E-state index is 15.1. The van der Waals surface area contributed by atoms with Crippen molar-refractivity contribution in [1.29, 1.82) is 0 Å². The first-order valence-corrected chi connectivity index (χ1v) is 13.9. The third-order valence-electron chi connectivity index (χ3n) is 9.69. The van der Waals surface area contributed by atoms with Gasteiger partial charge < -0.3 is 30.3 Å². The second-order valence-electron chi connectivity index (χ2n) is 11.8. The molecule has 11 heteroatoms. The van der Waals surface area contributed by atoms with E-state index in [1.165, 1.54) is 6.07 Å². The number of ketones is 1. The van der Waals surface area contributed by atoms with Gasteiger partial charge in [0, 0.05) is 34.7 Å². The minimum atomic E-state index is -1.93. The second kappa shape index (κ2) is 8.67. The summed E-state index contributed by atoms with van der Waals surface area (Å²) in [6, 6.07) is 0.767. The summed E-state index contributed by atoms with van der Waals surface area (Å²) in [5, 5.41) is 36.0. The topological polar surface area (TPSA) is 149 Å². The summed E-state index contributed by atoms with van der Waals surface area (Å²) in [5.41, 5.74) is 1.70. The highest BCUT2D eigenvalue weighted by atomic mass is 19.1. The quantitative estimate of drug-likeness (QED) is 0.314. The first-order chi connectivity index (χ1) is 19.5. The van der Waals surface area contributed by atoms with Crippen LogP contribution in [0.15, 0.2) is 23.3 Å². The monoisotopic (exact) mass is 563 g/mol. The van der Waals surface area contributed by atoms with Crippen LogP contribution in [0.25, 0.3) is 16.6 Å². The van der Waals surface area contributed by atoms with E-state index in [0.29, 0.717) is 70.2 Å². The van der Waals surface area contributed by atoms with Gasteiger partial charge in [0.1, 0.15) is 12.4 Å². The molecule has 41 heavy (non-hydrogen) atoms. The van der Waals surface area contributed by atoms with Crippen molar-refractivity contribution in [1.82, 2.24) is 15.2 Å². The number of nitrogens with one attached hydrogen (secondary N) is 1. The van der Waals surface area contributed by atoms with Gasteiger partial charge in [0.25, 0.3) is 5.91 Å². The highest BCUT2D eigenvalue weighted by molar-refractivity contribution is 6.39. The predicted octanol–water partition coefficient (Wildman–Crippen LogP) is 1.61. The average Bonchev–Trinajstić information content (AvgIpc) is 3.68. The number of ether oxygens (including phenoxy) is 1. The van der Waals surface area contributed by atoms with Crippen LogP contribution in [0.4, 0.5) is 4.39 Å². The number of benzene rings is 1. The summed E-state index contributed by atoms with van der Waals surface area (Å²) in [6.45, 7) is 3.01. The van der Waals surface area contributed by atoms with E-state index in [0.717, 1.165) is 5.56 Å². The van der Waals surface area contributed by atoms with Crippen molar-refractivity contribution in [2.24, 2.45) is 5.41 Å². The number of hydrogen-bond acceptors (Lipinski definition) is 9. The largest absolute Gasteiger partial charge is 0.459 e. The van der Waals surface area contributed by atoms with Crippen LogP contribution in [-0.2, 0) is 32.1 Å². The van der Waals surface area contributed by atoms with E-state index in [1.807, 2.05) is 0 Å². The molecule has 2 aliphatic carbocycles. The Morgan fingerprint density at radius 2 is 2.05 bits per heavy atom. The van der Waals surface area contributed by atoms with E-state index in [1.54, 1.807) is 24.8 Å². The Kier molecular flexibility index (Phi) is 5.55. The van der Waals surface area contributed by atoms with Crippen molar-refractivity contribution in [3.8, 4) is 0 Å². The maximum Gasteiger partial charge on any atom is 0.343 e. The molecule has 4 N–H and O–H groups in total. The molecule has 1 unspecified atom stereocenters. The van der Waals surface area contributed by atoms with Crippen LogP contribution >= 0.6 is 0 Å².